The monoisotopic (exact) mass is 254 g/mol. The molecule has 1 N–H and O–H groups in total. The molecule has 1 aliphatic rings. The third-order valence-electron chi connectivity index (χ3n) is 3.26. The second-order valence-corrected chi connectivity index (χ2v) is 4.54. The summed E-state index contributed by atoms with van der Waals surface area (Å²) in [4.78, 5) is 13.8. The molecule has 1 heterocycles. The highest BCUT2D eigenvalue weighted by molar-refractivity contribution is 5.87. The Bertz CT molecular complexity index is 552. The second kappa shape index (κ2) is 5.41. The van der Waals surface area contributed by atoms with Gasteiger partial charge in [-0.05, 0) is 31.2 Å². The van der Waals surface area contributed by atoms with E-state index in [9.17, 15) is 4.79 Å². The van der Waals surface area contributed by atoms with Crippen LogP contribution in [0.4, 0.5) is 5.69 Å². The highest BCUT2D eigenvalue weighted by Crippen LogP contribution is 2.24. The molecule has 5 nitrogen and oxygen atoms in total. The SMILES string of the molecule is CC1CNC(=O)C(CC#N)N1c1ccc(C#N)cc1. The molecule has 0 saturated carbocycles. The van der Waals surface area contributed by atoms with Crippen molar-refractivity contribution in [2.24, 2.45) is 0 Å². The molecule has 2 rings (SSSR count). The number of anilines is 1. The van der Waals surface area contributed by atoms with Crippen LogP contribution in [0.25, 0.3) is 0 Å². The summed E-state index contributed by atoms with van der Waals surface area (Å²) < 4.78 is 0. The first-order valence-corrected chi connectivity index (χ1v) is 6.10. The maximum atomic E-state index is 11.9. The third kappa shape index (κ3) is 2.51. The number of carbonyl (C=O) groups is 1. The molecule has 1 aromatic carbocycles. The van der Waals surface area contributed by atoms with E-state index in [1.807, 2.05) is 24.0 Å². The lowest BCUT2D eigenvalue weighted by molar-refractivity contribution is -0.123. The van der Waals surface area contributed by atoms with E-state index in [1.54, 1.807) is 12.1 Å². The van der Waals surface area contributed by atoms with Gasteiger partial charge in [0.1, 0.15) is 6.04 Å². The summed E-state index contributed by atoms with van der Waals surface area (Å²) in [5.41, 5.74) is 1.44. The van der Waals surface area contributed by atoms with Crippen LogP contribution >= 0.6 is 0 Å². The zero-order valence-electron chi connectivity index (χ0n) is 10.6. The van der Waals surface area contributed by atoms with Crippen molar-refractivity contribution in [1.29, 1.82) is 10.5 Å². The average molecular weight is 254 g/mol. The summed E-state index contributed by atoms with van der Waals surface area (Å²) in [6, 6.07) is 10.8. The summed E-state index contributed by atoms with van der Waals surface area (Å²) in [5.74, 6) is -0.121. The Labute approximate surface area is 112 Å². The molecule has 0 radical (unpaired) electrons. The molecule has 1 saturated heterocycles. The predicted octanol–water partition coefficient (Wildman–Crippen LogP) is 1.17. The van der Waals surface area contributed by atoms with Gasteiger partial charge in [-0.3, -0.25) is 4.79 Å². The fraction of sp³-hybridized carbons (Fsp3) is 0.357. The van der Waals surface area contributed by atoms with E-state index < -0.39 is 6.04 Å². The molecule has 2 unspecified atom stereocenters. The Morgan fingerprint density at radius 1 is 1.37 bits per heavy atom. The van der Waals surface area contributed by atoms with Crippen LogP contribution in [-0.4, -0.2) is 24.5 Å². The predicted molar refractivity (Wildman–Crippen MR) is 70.1 cm³/mol. The Morgan fingerprint density at radius 2 is 2.05 bits per heavy atom. The van der Waals surface area contributed by atoms with Gasteiger partial charge < -0.3 is 10.2 Å². The highest BCUT2D eigenvalue weighted by Gasteiger charge is 2.33. The Morgan fingerprint density at radius 3 is 2.63 bits per heavy atom. The lowest BCUT2D eigenvalue weighted by Crippen LogP contribution is -2.59. The van der Waals surface area contributed by atoms with Crippen molar-refractivity contribution in [3.8, 4) is 12.1 Å². The number of nitriles is 2. The Kier molecular flexibility index (Phi) is 3.68. The minimum Gasteiger partial charge on any atom is -0.354 e. The number of hydrogen-bond donors (Lipinski definition) is 1. The van der Waals surface area contributed by atoms with Crippen LogP contribution in [0, 0.1) is 22.7 Å². The Hall–Kier alpha value is -2.53. The number of nitrogens with one attached hydrogen (secondary N) is 1. The third-order valence-corrected chi connectivity index (χ3v) is 3.26. The van der Waals surface area contributed by atoms with Crippen molar-refractivity contribution in [3.63, 3.8) is 0 Å². The van der Waals surface area contributed by atoms with Crippen LogP contribution in [0.5, 0.6) is 0 Å². The maximum Gasteiger partial charge on any atom is 0.243 e. The number of nitrogens with zero attached hydrogens (tertiary/aromatic N) is 3. The fourth-order valence-corrected chi connectivity index (χ4v) is 2.32. The van der Waals surface area contributed by atoms with Crippen LogP contribution in [0.3, 0.4) is 0 Å². The van der Waals surface area contributed by atoms with Gasteiger partial charge in [0.15, 0.2) is 0 Å². The lowest BCUT2D eigenvalue weighted by atomic mass is 10.0. The minimum absolute atomic E-state index is 0.115. The van der Waals surface area contributed by atoms with Gasteiger partial charge in [0, 0.05) is 18.3 Å². The van der Waals surface area contributed by atoms with Gasteiger partial charge in [0.25, 0.3) is 0 Å². The molecule has 0 spiro atoms. The number of amides is 1. The van der Waals surface area contributed by atoms with Gasteiger partial charge in [-0.25, -0.2) is 0 Å². The maximum absolute atomic E-state index is 11.9. The van der Waals surface area contributed by atoms with E-state index in [-0.39, 0.29) is 18.4 Å². The largest absolute Gasteiger partial charge is 0.354 e. The van der Waals surface area contributed by atoms with Gasteiger partial charge in [-0.15, -0.1) is 0 Å². The van der Waals surface area contributed by atoms with Crippen LogP contribution in [0.2, 0.25) is 0 Å². The second-order valence-electron chi connectivity index (χ2n) is 4.54. The standard InChI is InChI=1S/C14H14N4O/c1-10-9-17-14(19)13(6-7-15)18(10)12-4-2-11(8-16)3-5-12/h2-5,10,13H,6,9H2,1H3,(H,17,19). The smallest absolute Gasteiger partial charge is 0.243 e. The number of benzene rings is 1. The molecular formula is C14H14N4O. The average Bonchev–Trinajstić information content (AvgIpc) is 2.44. The van der Waals surface area contributed by atoms with Crippen LogP contribution < -0.4 is 10.2 Å². The Balaban J connectivity index is 2.34. The van der Waals surface area contributed by atoms with E-state index in [2.05, 4.69) is 17.5 Å². The van der Waals surface area contributed by atoms with Crippen molar-refractivity contribution in [2.45, 2.75) is 25.4 Å². The lowest BCUT2D eigenvalue weighted by Gasteiger charge is -2.40. The van der Waals surface area contributed by atoms with Gasteiger partial charge >= 0.3 is 0 Å². The summed E-state index contributed by atoms with van der Waals surface area (Å²) in [5, 5.41) is 20.5. The van der Waals surface area contributed by atoms with Crippen molar-refractivity contribution >= 4 is 11.6 Å². The van der Waals surface area contributed by atoms with E-state index in [0.29, 0.717) is 12.1 Å². The van der Waals surface area contributed by atoms with E-state index in [1.165, 1.54) is 0 Å². The van der Waals surface area contributed by atoms with Crippen molar-refractivity contribution in [1.82, 2.24) is 5.32 Å². The zero-order valence-corrected chi connectivity index (χ0v) is 10.6. The number of rotatable bonds is 2. The van der Waals surface area contributed by atoms with E-state index in [0.717, 1.165) is 5.69 Å². The number of piperazine rings is 1. The molecule has 1 fully saturated rings. The van der Waals surface area contributed by atoms with E-state index >= 15 is 0 Å². The first kappa shape index (κ1) is 12.9. The molecule has 0 bridgehead atoms. The minimum atomic E-state index is -0.471. The molecule has 19 heavy (non-hydrogen) atoms. The van der Waals surface area contributed by atoms with Crippen molar-refractivity contribution in [2.75, 3.05) is 11.4 Å². The molecule has 0 aromatic heterocycles. The van der Waals surface area contributed by atoms with Gasteiger partial charge in [-0.2, -0.15) is 10.5 Å². The van der Waals surface area contributed by atoms with Gasteiger partial charge in [0.2, 0.25) is 5.91 Å². The topological polar surface area (TPSA) is 79.9 Å². The van der Waals surface area contributed by atoms with Crippen LogP contribution in [0.1, 0.15) is 18.9 Å². The van der Waals surface area contributed by atoms with Crippen molar-refractivity contribution < 1.29 is 4.79 Å². The van der Waals surface area contributed by atoms with Gasteiger partial charge in [-0.1, -0.05) is 0 Å². The summed E-state index contributed by atoms with van der Waals surface area (Å²) in [6.45, 7) is 2.56. The normalized spacial score (nSPS) is 22.3. The van der Waals surface area contributed by atoms with Gasteiger partial charge in [0.05, 0.1) is 24.1 Å². The summed E-state index contributed by atoms with van der Waals surface area (Å²) >= 11 is 0. The first-order valence-electron chi connectivity index (χ1n) is 6.10. The van der Waals surface area contributed by atoms with E-state index in [4.69, 9.17) is 10.5 Å². The number of carbonyl (C=O) groups excluding carboxylic acids is 1. The number of hydrogen-bond acceptors (Lipinski definition) is 4. The van der Waals surface area contributed by atoms with Crippen LogP contribution in [-0.2, 0) is 4.79 Å². The first-order chi connectivity index (χ1) is 9.17. The summed E-state index contributed by atoms with van der Waals surface area (Å²) in [7, 11) is 0. The fourth-order valence-electron chi connectivity index (χ4n) is 2.32. The molecule has 1 aromatic rings. The highest BCUT2D eigenvalue weighted by atomic mass is 16.2. The molecule has 1 amide bonds. The molecule has 96 valence electrons. The zero-order chi connectivity index (χ0) is 13.8. The van der Waals surface area contributed by atoms with Crippen molar-refractivity contribution in [3.05, 3.63) is 29.8 Å². The quantitative estimate of drug-likeness (QED) is 0.859. The van der Waals surface area contributed by atoms with Crippen LogP contribution in [0.15, 0.2) is 24.3 Å². The molecule has 5 heteroatoms. The summed E-state index contributed by atoms with van der Waals surface area (Å²) in [6.07, 6.45) is 0.149. The molecule has 1 aliphatic heterocycles. The molecule has 2 atom stereocenters. The molecular weight excluding hydrogens is 240 g/mol. The molecule has 0 aliphatic carbocycles.